The molecule has 0 aliphatic heterocycles. The molecule has 0 amide bonds. The van der Waals surface area contributed by atoms with Crippen molar-refractivity contribution in [3.05, 3.63) is 63.9 Å². The van der Waals surface area contributed by atoms with Gasteiger partial charge in [0.25, 0.3) is 0 Å². The second kappa shape index (κ2) is 7.22. The quantitative estimate of drug-likeness (QED) is 0.276. The molecule has 0 saturated carbocycles. The maximum Gasteiger partial charge on any atom is 0.210 e. The summed E-state index contributed by atoms with van der Waals surface area (Å²) >= 11 is 6.36. The summed E-state index contributed by atoms with van der Waals surface area (Å²) in [6, 6.07) is 15.6. The van der Waals surface area contributed by atoms with Gasteiger partial charge in [-0.2, -0.15) is 0 Å². The lowest BCUT2D eigenvalue weighted by Crippen LogP contribution is -2.12. The van der Waals surface area contributed by atoms with Crippen LogP contribution >= 0.6 is 39.0 Å². The summed E-state index contributed by atoms with van der Waals surface area (Å²) in [5.41, 5.74) is 1.59. The number of thiophene rings is 1. The predicted octanol–water partition coefficient (Wildman–Crippen LogP) is 4.61. The average Bonchev–Trinajstić information content (AvgIpc) is 3.24. The SMILES string of the molecule is Nn1c(SCC(=O)c2csc3ccccc23)nnc1-c1ccccc1Br. The number of benzene rings is 2. The van der Waals surface area contributed by atoms with Gasteiger partial charge >= 0.3 is 0 Å². The summed E-state index contributed by atoms with van der Waals surface area (Å²) in [6.45, 7) is 0. The van der Waals surface area contributed by atoms with Crippen molar-refractivity contribution in [2.75, 3.05) is 11.6 Å². The number of nitrogens with two attached hydrogens (primary N) is 1. The largest absolute Gasteiger partial charge is 0.335 e. The molecule has 2 heterocycles. The van der Waals surface area contributed by atoms with E-state index in [1.165, 1.54) is 16.4 Å². The number of fused-ring (bicyclic) bond motifs is 1. The molecule has 4 aromatic rings. The molecule has 0 atom stereocenters. The molecule has 5 nitrogen and oxygen atoms in total. The van der Waals surface area contributed by atoms with Gasteiger partial charge in [0.1, 0.15) is 0 Å². The fourth-order valence-corrected chi connectivity index (χ4v) is 4.77. The van der Waals surface area contributed by atoms with Gasteiger partial charge in [-0.3, -0.25) is 4.79 Å². The molecule has 2 aromatic carbocycles. The number of nitrogen functional groups attached to an aromatic ring is 1. The van der Waals surface area contributed by atoms with Gasteiger partial charge < -0.3 is 5.84 Å². The summed E-state index contributed by atoms with van der Waals surface area (Å²) in [6.07, 6.45) is 0. The average molecular weight is 445 g/mol. The molecule has 0 radical (unpaired) electrons. The lowest BCUT2D eigenvalue weighted by Gasteiger charge is -2.05. The maximum atomic E-state index is 12.6. The van der Waals surface area contributed by atoms with Gasteiger partial charge in [-0.15, -0.1) is 21.5 Å². The smallest absolute Gasteiger partial charge is 0.210 e. The van der Waals surface area contributed by atoms with Gasteiger partial charge in [0.2, 0.25) is 5.16 Å². The van der Waals surface area contributed by atoms with E-state index >= 15 is 0 Å². The summed E-state index contributed by atoms with van der Waals surface area (Å²) in [4.78, 5) is 12.6. The van der Waals surface area contributed by atoms with E-state index in [1.54, 1.807) is 11.3 Å². The molecule has 0 fully saturated rings. The van der Waals surface area contributed by atoms with Crippen LogP contribution in [-0.4, -0.2) is 26.4 Å². The summed E-state index contributed by atoms with van der Waals surface area (Å²) in [5, 5.41) is 11.7. The third kappa shape index (κ3) is 3.15. The van der Waals surface area contributed by atoms with Crippen LogP contribution in [0.4, 0.5) is 0 Å². The van der Waals surface area contributed by atoms with Gasteiger partial charge in [-0.05, 0) is 18.2 Å². The predicted molar refractivity (Wildman–Crippen MR) is 110 cm³/mol. The Hall–Kier alpha value is -2.16. The normalized spacial score (nSPS) is 11.1. The zero-order chi connectivity index (χ0) is 18.1. The Morgan fingerprint density at radius 2 is 1.92 bits per heavy atom. The third-order valence-electron chi connectivity index (χ3n) is 3.89. The Labute approximate surface area is 166 Å². The number of aromatic nitrogens is 3. The van der Waals surface area contributed by atoms with E-state index in [4.69, 9.17) is 5.84 Å². The van der Waals surface area contributed by atoms with Crippen molar-refractivity contribution >= 4 is 54.9 Å². The minimum atomic E-state index is 0.0536. The molecule has 130 valence electrons. The van der Waals surface area contributed by atoms with Crippen LogP contribution in [0.25, 0.3) is 21.5 Å². The van der Waals surface area contributed by atoms with Crippen molar-refractivity contribution in [3.8, 4) is 11.4 Å². The molecule has 2 aromatic heterocycles. The number of ketones is 1. The van der Waals surface area contributed by atoms with Gasteiger partial charge in [-0.1, -0.05) is 58.0 Å². The van der Waals surface area contributed by atoms with Crippen molar-refractivity contribution in [1.82, 2.24) is 14.9 Å². The highest BCUT2D eigenvalue weighted by molar-refractivity contribution is 9.10. The number of carbonyl (C=O) groups is 1. The van der Waals surface area contributed by atoms with Crippen molar-refractivity contribution in [2.45, 2.75) is 5.16 Å². The summed E-state index contributed by atoms with van der Waals surface area (Å²) in [5.74, 6) is 7.00. The molecule has 0 spiro atoms. The first kappa shape index (κ1) is 17.3. The fourth-order valence-electron chi connectivity index (χ4n) is 2.60. The Morgan fingerprint density at radius 1 is 1.15 bits per heavy atom. The van der Waals surface area contributed by atoms with Crippen molar-refractivity contribution < 1.29 is 4.79 Å². The standard InChI is InChI=1S/C18H13BrN4OS2/c19-14-7-3-1-6-12(14)17-21-22-18(23(17)20)26-10-15(24)13-9-25-16-8-4-2-5-11(13)16/h1-9H,10,20H2. The highest BCUT2D eigenvalue weighted by Crippen LogP contribution is 2.30. The van der Waals surface area contributed by atoms with Gasteiger partial charge in [-0.25, -0.2) is 4.68 Å². The van der Waals surface area contributed by atoms with Crippen molar-refractivity contribution in [1.29, 1.82) is 0 Å². The Kier molecular flexibility index (Phi) is 4.80. The highest BCUT2D eigenvalue weighted by atomic mass is 79.9. The number of rotatable bonds is 5. The topological polar surface area (TPSA) is 73.8 Å². The van der Waals surface area contributed by atoms with E-state index in [0.717, 1.165) is 25.7 Å². The second-order valence-electron chi connectivity index (χ2n) is 5.51. The maximum absolute atomic E-state index is 12.6. The van der Waals surface area contributed by atoms with Crippen LogP contribution in [0.5, 0.6) is 0 Å². The van der Waals surface area contributed by atoms with Crippen LogP contribution < -0.4 is 5.84 Å². The first-order valence-electron chi connectivity index (χ1n) is 7.73. The van der Waals surface area contributed by atoms with Gasteiger partial charge in [0.15, 0.2) is 11.6 Å². The van der Waals surface area contributed by atoms with Crippen molar-refractivity contribution in [2.24, 2.45) is 0 Å². The fraction of sp³-hybridized carbons (Fsp3) is 0.0556. The number of hydrogen-bond acceptors (Lipinski definition) is 6. The van der Waals surface area contributed by atoms with Crippen LogP contribution in [0.15, 0.2) is 63.5 Å². The van der Waals surface area contributed by atoms with Crippen molar-refractivity contribution in [3.63, 3.8) is 0 Å². The molecule has 2 N–H and O–H groups in total. The third-order valence-corrected chi connectivity index (χ3v) is 6.49. The minimum Gasteiger partial charge on any atom is -0.335 e. The Bertz CT molecular complexity index is 1110. The molecule has 0 saturated heterocycles. The van der Waals surface area contributed by atoms with E-state index in [2.05, 4.69) is 26.1 Å². The first-order valence-corrected chi connectivity index (χ1v) is 10.4. The molecule has 0 bridgehead atoms. The molecule has 0 unspecified atom stereocenters. The van der Waals surface area contributed by atoms with Crippen LogP contribution in [0.2, 0.25) is 0 Å². The summed E-state index contributed by atoms with van der Waals surface area (Å²) < 4.78 is 3.42. The molecule has 0 aliphatic rings. The molecular formula is C18H13BrN4OS2. The van der Waals surface area contributed by atoms with E-state index < -0.39 is 0 Å². The lowest BCUT2D eigenvalue weighted by molar-refractivity contribution is 0.102. The highest BCUT2D eigenvalue weighted by Gasteiger charge is 2.17. The van der Waals surface area contributed by atoms with Gasteiger partial charge in [0, 0.05) is 31.1 Å². The minimum absolute atomic E-state index is 0.0536. The Balaban J connectivity index is 1.54. The van der Waals surface area contributed by atoms with E-state index in [0.29, 0.717) is 11.0 Å². The number of thioether (sulfide) groups is 1. The van der Waals surface area contributed by atoms with Crippen LogP contribution in [0, 0.1) is 0 Å². The number of halogens is 1. The second-order valence-corrected chi connectivity index (χ2v) is 8.22. The monoisotopic (exact) mass is 444 g/mol. The molecular weight excluding hydrogens is 432 g/mol. The zero-order valence-corrected chi connectivity index (χ0v) is 16.6. The van der Waals surface area contributed by atoms with Crippen LogP contribution in [-0.2, 0) is 0 Å². The number of nitrogens with zero attached hydrogens (tertiary/aromatic N) is 3. The summed E-state index contributed by atoms with van der Waals surface area (Å²) in [7, 11) is 0. The number of Topliss-reactive ketones (excluding diaryl/α,β-unsaturated/α-hetero) is 1. The Morgan fingerprint density at radius 3 is 2.77 bits per heavy atom. The van der Waals surface area contributed by atoms with E-state index in [1.807, 2.05) is 53.9 Å². The molecule has 4 rings (SSSR count). The molecule has 8 heteroatoms. The van der Waals surface area contributed by atoms with Gasteiger partial charge in [0.05, 0.1) is 5.75 Å². The first-order chi connectivity index (χ1) is 12.6. The zero-order valence-electron chi connectivity index (χ0n) is 13.4. The van der Waals surface area contributed by atoms with E-state index in [-0.39, 0.29) is 11.5 Å². The lowest BCUT2D eigenvalue weighted by atomic mass is 10.1. The number of carbonyl (C=O) groups excluding carboxylic acids is 1. The molecule has 0 aliphatic carbocycles. The number of hydrogen-bond donors (Lipinski definition) is 1. The molecule has 26 heavy (non-hydrogen) atoms. The van der Waals surface area contributed by atoms with Crippen LogP contribution in [0.1, 0.15) is 10.4 Å². The van der Waals surface area contributed by atoms with Crippen LogP contribution in [0.3, 0.4) is 0 Å². The van der Waals surface area contributed by atoms with E-state index in [9.17, 15) is 4.79 Å².